The van der Waals surface area contributed by atoms with Crippen molar-refractivity contribution in [3.05, 3.63) is 66.2 Å². The number of nitrogens with zero attached hydrogens (tertiary/aromatic N) is 1. The van der Waals surface area contributed by atoms with Crippen LogP contribution in [-0.4, -0.2) is 29.3 Å². The molecule has 0 spiro atoms. The Hall–Kier alpha value is -3.41. The second-order valence-corrected chi connectivity index (χ2v) is 8.26. The Bertz CT molecular complexity index is 994. The molecular weight excluding hydrogens is 390 g/mol. The van der Waals surface area contributed by atoms with Gasteiger partial charge in [0, 0.05) is 24.3 Å². The first-order chi connectivity index (χ1) is 15.0. The molecule has 0 aromatic heterocycles. The molecule has 2 fully saturated rings. The standard InChI is InChI=1S/C25H27N3O3/c1-18(29)26-21-11-13-22(14-12-21)28-23(30)17-25(28,16-15-19-7-3-2-4-8-19)24(31)27-20-9-5-6-10-20/h2-4,7-8,11-16,20H,5-6,9-10,17H2,1H3,(H,26,29)(H,27,31). The first-order valence-corrected chi connectivity index (χ1v) is 10.7. The number of carbonyl (C=O) groups excluding carboxylic acids is 3. The van der Waals surface area contributed by atoms with Gasteiger partial charge in [-0.3, -0.25) is 19.3 Å². The topological polar surface area (TPSA) is 78.5 Å². The maximum absolute atomic E-state index is 13.5. The quantitative estimate of drug-likeness (QED) is 0.700. The summed E-state index contributed by atoms with van der Waals surface area (Å²) in [6, 6.07) is 16.9. The number of hydrogen-bond donors (Lipinski definition) is 2. The molecule has 3 amide bonds. The maximum atomic E-state index is 13.5. The molecule has 1 atom stereocenters. The molecule has 6 nitrogen and oxygen atoms in total. The molecule has 2 aromatic carbocycles. The Balaban J connectivity index is 1.65. The van der Waals surface area contributed by atoms with Crippen LogP contribution in [0.15, 0.2) is 60.7 Å². The lowest BCUT2D eigenvalue weighted by molar-refractivity contribution is -0.137. The lowest BCUT2D eigenvalue weighted by Gasteiger charge is -2.49. The van der Waals surface area contributed by atoms with Crippen LogP contribution in [0, 0.1) is 0 Å². The molecule has 1 saturated heterocycles. The van der Waals surface area contributed by atoms with Crippen molar-refractivity contribution in [3.63, 3.8) is 0 Å². The van der Waals surface area contributed by atoms with E-state index in [-0.39, 0.29) is 30.2 Å². The molecule has 1 aliphatic heterocycles. The summed E-state index contributed by atoms with van der Waals surface area (Å²) in [6.45, 7) is 1.44. The van der Waals surface area contributed by atoms with Crippen molar-refractivity contribution >= 4 is 35.2 Å². The average Bonchev–Trinajstić information content (AvgIpc) is 3.25. The van der Waals surface area contributed by atoms with Gasteiger partial charge in [-0.2, -0.15) is 0 Å². The molecule has 0 bridgehead atoms. The van der Waals surface area contributed by atoms with Crippen LogP contribution < -0.4 is 15.5 Å². The number of β-lactam (4-membered cyclic amide) rings is 1. The van der Waals surface area contributed by atoms with Crippen molar-refractivity contribution in [2.75, 3.05) is 10.2 Å². The smallest absolute Gasteiger partial charge is 0.251 e. The number of anilines is 2. The molecule has 1 heterocycles. The lowest BCUT2D eigenvalue weighted by atomic mass is 9.80. The highest BCUT2D eigenvalue weighted by molar-refractivity contribution is 6.15. The van der Waals surface area contributed by atoms with Gasteiger partial charge in [0.15, 0.2) is 5.54 Å². The van der Waals surface area contributed by atoms with Crippen molar-refractivity contribution in [3.8, 4) is 0 Å². The summed E-state index contributed by atoms with van der Waals surface area (Å²) in [6.07, 6.45) is 8.06. The molecule has 2 aliphatic rings. The fourth-order valence-corrected chi connectivity index (χ4v) is 4.36. The summed E-state index contributed by atoms with van der Waals surface area (Å²) in [5.74, 6) is -0.410. The molecule has 6 heteroatoms. The predicted molar refractivity (Wildman–Crippen MR) is 121 cm³/mol. The molecule has 1 aliphatic carbocycles. The Morgan fingerprint density at radius 1 is 1.03 bits per heavy atom. The van der Waals surface area contributed by atoms with E-state index >= 15 is 0 Å². The Morgan fingerprint density at radius 2 is 1.71 bits per heavy atom. The van der Waals surface area contributed by atoms with Crippen molar-refractivity contribution in [2.45, 2.75) is 50.6 Å². The monoisotopic (exact) mass is 417 g/mol. The lowest BCUT2D eigenvalue weighted by Crippen LogP contribution is -2.70. The molecule has 160 valence electrons. The molecule has 1 unspecified atom stereocenters. The normalized spacial score (nSPS) is 21.2. The minimum Gasteiger partial charge on any atom is -0.351 e. The highest BCUT2D eigenvalue weighted by Gasteiger charge is 2.56. The fourth-order valence-electron chi connectivity index (χ4n) is 4.36. The second-order valence-electron chi connectivity index (χ2n) is 8.26. The molecular formula is C25H27N3O3. The number of hydrogen-bond acceptors (Lipinski definition) is 3. The number of nitrogens with one attached hydrogen (secondary N) is 2. The third kappa shape index (κ3) is 4.38. The fraction of sp³-hybridized carbons (Fsp3) is 0.320. The Morgan fingerprint density at radius 3 is 2.32 bits per heavy atom. The van der Waals surface area contributed by atoms with Crippen LogP contribution in [0.1, 0.15) is 44.6 Å². The van der Waals surface area contributed by atoms with Gasteiger partial charge in [-0.15, -0.1) is 0 Å². The van der Waals surface area contributed by atoms with Crippen LogP contribution in [0.25, 0.3) is 6.08 Å². The van der Waals surface area contributed by atoms with Crippen molar-refractivity contribution in [1.29, 1.82) is 0 Å². The van der Waals surface area contributed by atoms with E-state index in [2.05, 4.69) is 10.6 Å². The van der Waals surface area contributed by atoms with Crippen LogP contribution in [0.5, 0.6) is 0 Å². The van der Waals surface area contributed by atoms with E-state index in [9.17, 15) is 14.4 Å². The van der Waals surface area contributed by atoms with Crippen LogP contribution in [0.4, 0.5) is 11.4 Å². The van der Waals surface area contributed by atoms with Gasteiger partial charge in [0.05, 0.1) is 6.42 Å². The maximum Gasteiger partial charge on any atom is 0.251 e. The Labute approximate surface area is 182 Å². The third-order valence-corrected chi connectivity index (χ3v) is 5.95. The first-order valence-electron chi connectivity index (χ1n) is 10.7. The van der Waals surface area contributed by atoms with Gasteiger partial charge in [-0.1, -0.05) is 49.2 Å². The van der Waals surface area contributed by atoms with Gasteiger partial charge in [0.1, 0.15) is 0 Å². The van der Waals surface area contributed by atoms with E-state index in [0.29, 0.717) is 11.4 Å². The van der Waals surface area contributed by atoms with Crippen molar-refractivity contribution < 1.29 is 14.4 Å². The average molecular weight is 418 g/mol. The highest BCUT2D eigenvalue weighted by Crippen LogP contribution is 2.40. The zero-order chi connectivity index (χ0) is 21.8. The molecule has 0 radical (unpaired) electrons. The summed E-state index contributed by atoms with van der Waals surface area (Å²) in [4.78, 5) is 39.0. The van der Waals surface area contributed by atoms with E-state index < -0.39 is 5.54 Å². The van der Waals surface area contributed by atoms with Crippen molar-refractivity contribution in [1.82, 2.24) is 5.32 Å². The molecule has 2 aromatic rings. The van der Waals surface area contributed by atoms with Crippen molar-refractivity contribution in [2.24, 2.45) is 0 Å². The van der Waals surface area contributed by atoms with Gasteiger partial charge < -0.3 is 10.6 Å². The third-order valence-electron chi connectivity index (χ3n) is 5.95. The molecule has 4 rings (SSSR count). The van der Waals surface area contributed by atoms with Gasteiger partial charge in [-0.05, 0) is 48.7 Å². The van der Waals surface area contributed by atoms with E-state index in [1.54, 1.807) is 29.2 Å². The number of benzene rings is 2. The van der Waals surface area contributed by atoms with E-state index in [1.165, 1.54) is 6.92 Å². The number of rotatable bonds is 6. The number of carbonyl (C=O) groups is 3. The SMILES string of the molecule is CC(=O)Nc1ccc(N2C(=O)CC2(C=Cc2ccccc2)C(=O)NC2CCCC2)cc1. The molecule has 1 saturated carbocycles. The predicted octanol–water partition coefficient (Wildman–Crippen LogP) is 3.89. The van der Waals surface area contributed by atoms with Crippen LogP contribution in [0.2, 0.25) is 0 Å². The van der Waals surface area contributed by atoms with Crippen LogP contribution in [0.3, 0.4) is 0 Å². The summed E-state index contributed by atoms with van der Waals surface area (Å²) in [5, 5.41) is 5.90. The highest BCUT2D eigenvalue weighted by atomic mass is 16.2. The molecule has 2 N–H and O–H groups in total. The first kappa shape index (κ1) is 20.8. The summed E-state index contributed by atoms with van der Waals surface area (Å²) in [7, 11) is 0. The summed E-state index contributed by atoms with van der Waals surface area (Å²) >= 11 is 0. The van der Waals surface area contributed by atoms with Crippen LogP contribution in [-0.2, 0) is 14.4 Å². The summed E-state index contributed by atoms with van der Waals surface area (Å²) in [5.41, 5.74) is 1.18. The summed E-state index contributed by atoms with van der Waals surface area (Å²) < 4.78 is 0. The van der Waals surface area contributed by atoms with E-state index in [0.717, 1.165) is 31.2 Å². The minimum atomic E-state index is -1.06. The largest absolute Gasteiger partial charge is 0.351 e. The second kappa shape index (κ2) is 8.76. The van der Waals surface area contributed by atoms with Gasteiger partial charge in [0.2, 0.25) is 11.8 Å². The van der Waals surface area contributed by atoms with Crippen LogP contribution >= 0.6 is 0 Å². The zero-order valence-electron chi connectivity index (χ0n) is 17.6. The van der Waals surface area contributed by atoms with E-state index in [4.69, 9.17) is 0 Å². The zero-order valence-corrected chi connectivity index (χ0v) is 17.6. The Kier molecular flexibility index (Phi) is 5.89. The van der Waals surface area contributed by atoms with Gasteiger partial charge in [-0.25, -0.2) is 0 Å². The molecule has 31 heavy (non-hydrogen) atoms. The minimum absolute atomic E-state index is 0.105. The van der Waals surface area contributed by atoms with Gasteiger partial charge in [0.25, 0.3) is 5.91 Å². The van der Waals surface area contributed by atoms with Gasteiger partial charge >= 0.3 is 0 Å². The van der Waals surface area contributed by atoms with E-state index in [1.807, 2.05) is 42.5 Å². The number of amides is 3.